The number of aryl methyl sites for hydroxylation is 1. The molecule has 0 aliphatic rings. The van der Waals surface area contributed by atoms with Crippen molar-refractivity contribution in [3.8, 4) is 5.75 Å². The van der Waals surface area contributed by atoms with E-state index in [4.69, 9.17) is 27.1 Å². The summed E-state index contributed by atoms with van der Waals surface area (Å²) in [5.74, 6) is 0.896. The first-order valence-electron chi connectivity index (χ1n) is 14.8. The zero-order chi connectivity index (χ0) is 34.0. The Morgan fingerprint density at radius 2 is 1.52 bits per heavy atom. The predicted octanol–water partition coefficient (Wildman–Crippen LogP) is 8.22. The van der Waals surface area contributed by atoms with Crippen molar-refractivity contribution in [1.82, 2.24) is 4.98 Å². The lowest BCUT2D eigenvalue weighted by atomic mass is 9.99. The van der Waals surface area contributed by atoms with E-state index in [0.29, 0.717) is 16.2 Å². The minimum absolute atomic E-state index is 0.0354. The second-order valence-electron chi connectivity index (χ2n) is 11.9. The molecule has 0 fully saturated rings. The van der Waals surface area contributed by atoms with Crippen LogP contribution in [0.3, 0.4) is 0 Å². The number of aliphatic hydroxyl groups excluding tert-OH is 1. The number of benzene rings is 3. The molecular formula is C34H40F3NO6SSi. The van der Waals surface area contributed by atoms with Gasteiger partial charge in [0.1, 0.15) is 5.75 Å². The van der Waals surface area contributed by atoms with E-state index >= 15 is 0 Å². The van der Waals surface area contributed by atoms with Crippen LogP contribution < -0.4 is 4.74 Å². The number of ether oxygens (including phenoxy) is 1. The fraction of sp³-hybridized carbons (Fsp3) is 0.382. The number of aliphatic hydroxyl groups is 1. The molecule has 1 heterocycles. The van der Waals surface area contributed by atoms with Gasteiger partial charge in [-0.05, 0) is 65.3 Å². The van der Waals surface area contributed by atoms with Gasteiger partial charge in [-0.3, -0.25) is 9.54 Å². The van der Waals surface area contributed by atoms with Crippen molar-refractivity contribution in [2.45, 2.75) is 75.6 Å². The van der Waals surface area contributed by atoms with E-state index in [0.717, 1.165) is 53.6 Å². The van der Waals surface area contributed by atoms with E-state index in [9.17, 15) is 18.3 Å². The minimum atomic E-state index is -5.84. The molecule has 0 saturated heterocycles. The average Bonchev–Trinajstić information content (AvgIpc) is 3.00. The highest BCUT2D eigenvalue weighted by Gasteiger charge is 2.44. The first-order valence-corrected chi connectivity index (χ1v) is 17.1. The highest BCUT2D eigenvalue weighted by Crippen LogP contribution is 2.31. The van der Waals surface area contributed by atoms with E-state index in [2.05, 4.69) is 57.2 Å². The summed E-state index contributed by atoms with van der Waals surface area (Å²) in [6.45, 7) is 6.66. The summed E-state index contributed by atoms with van der Waals surface area (Å²) in [5.41, 5.74) is -0.278. The van der Waals surface area contributed by atoms with Crippen LogP contribution in [0.15, 0.2) is 84.9 Å². The molecule has 46 heavy (non-hydrogen) atoms. The van der Waals surface area contributed by atoms with Crippen molar-refractivity contribution < 1.29 is 40.4 Å². The number of aromatic nitrogens is 1. The van der Waals surface area contributed by atoms with E-state index in [-0.39, 0.29) is 11.1 Å². The van der Waals surface area contributed by atoms with Crippen LogP contribution in [0.4, 0.5) is 13.2 Å². The molecule has 0 bridgehead atoms. The van der Waals surface area contributed by atoms with E-state index in [1.807, 2.05) is 48.5 Å². The molecule has 3 aromatic carbocycles. The minimum Gasteiger partial charge on any atom is -0.497 e. The number of hydrogen-bond acceptors (Lipinski definition) is 6. The van der Waals surface area contributed by atoms with Crippen molar-refractivity contribution in [3.05, 3.63) is 107 Å². The second kappa shape index (κ2) is 16.5. The van der Waals surface area contributed by atoms with Gasteiger partial charge in [-0.1, -0.05) is 87.9 Å². The molecule has 2 N–H and O–H groups in total. The normalized spacial score (nSPS) is 13.5. The number of rotatable bonds is 12. The van der Waals surface area contributed by atoms with Crippen molar-refractivity contribution in [2.24, 2.45) is 0 Å². The summed E-state index contributed by atoms with van der Waals surface area (Å²) in [7, 11) is -3.72. The Balaban J connectivity index is 0.000000637. The Kier molecular flexibility index (Phi) is 13.3. The zero-order valence-corrected chi connectivity index (χ0v) is 28.1. The van der Waals surface area contributed by atoms with Gasteiger partial charge >= 0.3 is 15.6 Å². The lowest BCUT2D eigenvalue weighted by Crippen LogP contribution is -2.21. The summed E-state index contributed by atoms with van der Waals surface area (Å²) in [5, 5.41) is 11.9. The lowest BCUT2D eigenvalue weighted by Gasteiger charge is -2.24. The molecule has 248 valence electrons. The Bertz CT molecular complexity index is 1630. The number of fused-ring (bicyclic) bond motifs is 1. The molecule has 7 nitrogen and oxygen atoms in total. The predicted molar refractivity (Wildman–Crippen MR) is 174 cm³/mol. The van der Waals surface area contributed by atoms with Crippen LogP contribution in [-0.4, -0.2) is 45.4 Å². The van der Waals surface area contributed by atoms with Crippen molar-refractivity contribution in [3.63, 3.8) is 0 Å². The fourth-order valence-electron chi connectivity index (χ4n) is 4.47. The van der Waals surface area contributed by atoms with Crippen LogP contribution in [0.2, 0.25) is 5.04 Å². The third kappa shape index (κ3) is 12.1. The smallest absolute Gasteiger partial charge is 0.497 e. The van der Waals surface area contributed by atoms with Crippen LogP contribution in [0.5, 0.6) is 5.75 Å². The van der Waals surface area contributed by atoms with Gasteiger partial charge in [-0.2, -0.15) is 21.6 Å². The Morgan fingerprint density at radius 3 is 2.11 bits per heavy atom. The molecule has 2 atom stereocenters. The van der Waals surface area contributed by atoms with Crippen LogP contribution in [0.1, 0.15) is 74.6 Å². The van der Waals surface area contributed by atoms with Gasteiger partial charge in [0.05, 0.1) is 24.8 Å². The van der Waals surface area contributed by atoms with E-state index in [1.165, 1.54) is 11.1 Å². The molecule has 0 aliphatic carbocycles. The number of pyridine rings is 1. The maximum Gasteiger partial charge on any atom is 0.522 e. The van der Waals surface area contributed by atoms with Gasteiger partial charge in [0.15, 0.2) is 0 Å². The molecular weight excluding hydrogens is 636 g/mol. The SMILES string of the molecule is COc1ccc(CCCCC(O[Si]C(C)(C)C)c2ccc3ccc(CC(O)c4ccccc4)nc3c2)cc1.O=S(=O)(O)C(F)(F)F. The van der Waals surface area contributed by atoms with Crippen LogP contribution in [0, 0.1) is 0 Å². The van der Waals surface area contributed by atoms with Crippen molar-refractivity contribution in [1.29, 1.82) is 0 Å². The van der Waals surface area contributed by atoms with Crippen LogP contribution in [0.25, 0.3) is 10.9 Å². The standard InChI is InChI=1S/C33H39NO3Si.CHF3O3S/c1-33(2,3)38-37-32(13-9-8-10-24-14-20-29(36-4)21-15-24)27-17-16-25-18-19-28(34-30(25)22-27)23-31(35)26-11-6-5-7-12-26;2-1(3,4)8(5,6)7/h5-7,11-12,14-22,31-32,35H,8-10,13,23H2,1-4H3;(H,5,6,7). The lowest BCUT2D eigenvalue weighted by molar-refractivity contribution is -0.0510. The largest absolute Gasteiger partial charge is 0.522 e. The molecule has 12 heteroatoms. The Morgan fingerprint density at radius 1 is 0.891 bits per heavy atom. The zero-order valence-electron chi connectivity index (χ0n) is 26.3. The summed E-state index contributed by atoms with van der Waals surface area (Å²) in [6.07, 6.45) is 4.16. The first kappa shape index (κ1) is 37.2. The fourth-order valence-corrected chi connectivity index (χ4v) is 5.22. The number of alkyl halides is 3. The summed E-state index contributed by atoms with van der Waals surface area (Å²) < 4.78 is 69.3. The molecule has 2 unspecified atom stereocenters. The number of nitrogens with zero attached hydrogens (tertiary/aromatic N) is 1. The molecule has 0 saturated carbocycles. The highest BCUT2D eigenvalue weighted by atomic mass is 32.2. The average molecular weight is 676 g/mol. The Labute approximate surface area is 271 Å². The highest BCUT2D eigenvalue weighted by molar-refractivity contribution is 7.86. The third-order valence-electron chi connectivity index (χ3n) is 6.87. The quantitative estimate of drug-likeness (QED) is 0.0675. The molecule has 1 aromatic heterocycles. The van der Waals surface area contributed by atoms with Gasteiger partial charge in [0, 0.05) is 17.5 Å². The molecule has 0 aliphatic heterocycles. The first-order chi connectivity index (χ1) is 21.6. The van der Waals surface area contributed by atoms with Gasteiger partial charge in [-0.15, -0.1) is 0 Å². The number of methoxy groups -OCH3 is 1. The second-order valence-corrected chi connectivity index (χ2v) is 15.2. The van der Waals surface area contributed by atoms with Crippen molar-refractivity contribution >= 4 is 30.8 Å². The van der Waals surface area contributed by atoms with Gasteiger partial charge < -0.3 is 14.3 Å². The van der Waals surface area contributed by atoms with Crippen LogP contribution >= 0.6 is 0 Å². The van der Waals surface area contributed by atoms with Gasteiger partial charge in [0.2, 0.25) is 9.76 Å². The monoisotopic (exact) mass is 675 g/mol. The molecule has 0 amide bonds. The maximum atomic E-state index is 10.7. The van der Waals surface area contributed by atoms with Gasteiger partial charge in [0.25, 0.3) is 0 Å². The number of hydrogen-bond donors (Lipinski definition) is 2. The van der Waals surface area contributed by atoms with Crippen molar-refractivity contribution in [2.75, 3.05) is 7.11 Å². The van der Waals surface area contributed by atoms with Gasteiger partial charge in [-0.25, -0.2) is 0 Å². The molecule has 2 radical (unpaired) electrons. The molecule has 4 rings (SSSR count). The number of halogens is 3. The molecule has 0 spiro atoms. The summed E-state index contributed by atoms with van der Waals surface area (Å²) >= 11 is 0. The van der Waals surface area contributed by atoms with E-state index < -0.39 is 21.7 Å². The number of unbranched alkanes of at least 4 members (excludes halogenated alkanes) is 1. The molecule has 4 aromatic rings. The van der Waals surface area contributed by atoms with E-state index in [1.54, 1.807) is 7.11 Å². The summed E-state index contributed by atoms with van der Waals surface area (Å²) in [4.78, 5) is 4.92. The van der Waals surface area contributed by atoms with Crippen LogP contribution in [-0.2, 0) is 27.4 Å². The maximum absolute atomic E-state index is 10.7. The topological polar surface area (TPSA) is 106 Å². The third-order valence-corrected chi connectivity index (χ3v) is 8.47. The summed E-state index contributed by atoms with van der Waals surface area (Å²) in [6, 6.07) is 28.7. The Hall–Kier alpha value is -3.29.